The highest BCUT2D eigenvalue weighted by molar-refractivity contribution is 7.89. The molecule has 0 aliphatic carbocycles. The molecule has 8 heteroatoms. The molecule has 0 bridgehead atoms. The molecule has 2 aromatic carbocycles. The largest absolute Gasteiger partial charge is 0.321 e. The summed E-state index contributed by atoms with van der Waals surface area (Å²) in [5.74, 6) is -1.55. The Hall–Kier alpha value is -2.84. The van der Waals surface area contributed by atoms with Crippen LogP contribution < -0.4 is 5.32 Å². The van der Waals surface area contributed by atoms with Crippen LogP contribution in [0, 0.1) is 5.82 Å². The summed E-state index contributed by atoms with van der Waals surface area (Å²) < 4.78 is 39.6. The van der Waals surface area contributed by atoms with Crippen molar-refractivity contribution in [3.63, 3.8) is 0 Å². The second kappa shape index (κ2) is 6.81. The molecule has 3 rings (SSSR count). The number of nitrogens with one attached hydrogen (secondary N) is 1. The number of hydrogen-bond donors (Lipinski definition) is 1. The molecule has 1 amide bonds. The fourth-order valence-electron chi connectivity index (χ4n) is 2.45. The Balaban J connectivity index is 2.00. The Morgan fingerprint density at radius 1 is 1.12 bits per heavy atom. The van der Waals surface area contributed by atoms with E-state index in [4.69, 9.17) is 0 Å². The van der Waals surface area contributed by atoms with Crippen LogP contribution in [-0.2, 0) is 10.0 Å². The minimum absolute atomic E-state index is 0.159. The van der Waals surface area contributed by atoms with Gasteiger partial charge < -0.3 is 5.32 Å². The van der Waals surface area contributed by atoms with Gasteiger partial charge in [0.25, 0.3) is 5.91 Å². The number of carbonyl (C=O) groups excluding carboxylic acids is 1. The van der Waals surface area contributed by atoms with E-state index in [0.717, 1.165) is 22.5 Å². The van der Waals surface area contributed by atoms with Crippen molar-refractivity contribution in [3.05, 3.63) is 66.1 Å². The van der Waals surface area contributed by atoms with Gasteiger partial charge in [0, 0.05) is 25.7 Å². The van der Waals surface area contributed by atoms with E-state index in [0.29, 0.717) is 16.6 Å². The lowest BCUT2D eigenvalue weighted by atomic mass is 10.1. The minimum Gasteiger partial charge on any atom is -0.321 e. The highest BCUT2D eigenvalue weighted by atomic mass is 32.2. The van der Waals surface area contributed by atoms with E-state index in [-0.39, 0.29) is 10.5 Å². The van der Waals surface area contributed by atoms with Gasteiger partial charge in [-0.2, -0.15) is 0 Å². The van der Waals surface area contributed by atoms with Crippen molar-refractivity contribution in [2.24, 2.45) is 0 Å². The number of anilines is 1. The first-order valence-electron chi connectivity index (χ1n) is 7.68. The van der Waals surface area contributed by atoms with Crippen LogP contribution >= 0.6 is 0 Å². The van der Waals surface area contributed by atoms with Crippen molar-refractivity contribution < 1.29 is 17.6 Å². The third kappa shape index (κ3) is 3.29. The van der Waals surface area contributed by atoms with E-state index in [1.165, 1.54) is 14.1 Å². The summed E-state index contributed by atoms with van der Waals surface area (Å²) in [7, 11) is -1.06. The van der Waals surface area contributed by atoms with Crippen LogP contribution in [0.1, 0.15) is 10.4 Å². The zero-order chi connectivity index (χ0) is 18.9. The molecule has 0 spiro atoms. The van der Waals surface area contributed by atoms with Gasteiger partial charge in [-0.25, -0.2) is 17.1 Å². The first kappa shape index (κ1) is 18.0. The summed E-state index contributed by atoms with van der Waals surface area (Å²) in [5, 5.41) is 3.32. The van der Waals surface area contributed by atoms with Crippen LogP contribution in [0.2, 0.25) is 0 Å². The second-order valence-corrected chi connectivity index (χ2v) is 7.91. The van der Waals surface area contributed by atoms with Crippen molar-refractivity contribution in [1.29, 1.82) is 0 Å². The van der Waals surface area contributed by atoms with Crippen molar-refractivity contribution in [3.8, 4) is 0 Å². The maximum absolute atomic E-state index is 14.1. The van der Waals surface area contributed by atoms with Gasteiger partial charge in [-0.15, -0.1) is 0 Å². The monoisotopic (exact) mass is 373 g/mol. The van der Waals surface area contributed by atoms with Gasteiger partial charge in [0.15, 0.2) is 0 Å². The van der Waals surface area contributed by atoms with E-state index in [1.807, 2.05) is 0 Å². The van der Waals surface area contributed by atoms with Crippen LogP contribution in [0.4, 0.5) is 10.1 Å². The van der Waals surface area contributed by atoms with Crippen LogP contribution in [-0.4, -0.2) is 37.7 Å². The number of benzene rings is 2. The number of hydrogen-bond acceptors (Lipinski definition) is 4. The molecule has 1 heterocycles. The number of rotatable bonds is 4. The third-order valence-corrected chi connectivity index (χ3v) is 5.67. The molecule has 0 unspecified atom stereocenters. The van der Waals surface area contributed by atoms with Crippen LogP contribution in [0.5, 0.6) is 0 Å². The molecule has 134 valence electrons. The molecule has 0 saturated carbocycles. The summed E-state index contributed by atoms with van der Waals surface area (Å²) in [5.41, 5.74) is 0.782. The molecule has 6 nitrogen and oxygen atoms in total. The fourth-order valence-corrected chi connectivity index (χ4v) is 3.38. The van der Waals surface area contributed by atoms with E-state index in [1.54, 1.807) is 36.5 Å². The van der Waals surface area contributed by atoms with E-state index >= 15 is 0 Å². The predicted octanol–water partition coefficient (Wildman–Crippen LogP) is 2.88. The standard InChI is InChI=1S/C18H16FN3O3S/c1-22(2)26(24,25)12-8-9-15(19)14(11-12)18(23)21-17-7-3-6-16-13(17)5-4-10-20-16/h3-11H,1-2H3,(H,21,23). The molecular formula is C18H16FN3O3S. The Morgan fingerprint density at radius 3 is 2.62 bits per heavy atom. The smallest absolute Gasteiger partial charge is 0.258 e. The lowest BCUT2D eigenvalue weighted by Crippen LogP contribution is -2.23. The van der Waals surface area contributed by atoms with Gasteiger partial charge in [0.1, 0.15) is 5.82 Å². The summed E-state index contributed by atoms with van der Waals surface area (Å²) in [6.45, 7) is 0. The summed E-state index contributed by atoms with van der Waals surface area (Å²) in [6.07, 6.45) is 1.63. The van der Waals surface area contributed by atoms with Crippen LogP contribution in [0.3, 0.4) is 0 Å². The second-order valence-electron chi connectivity index (χ2n) is 5.76. The van der Waals surface area contributed by atoms with Crippen molar-refractivity contribution in [1.82, 2.24) is 9.29 Å². The normalized spacial score (nSPS) is 11.7. The van der Waals surface area contributed by atoms with Gasteiger partial charge >= 0.3 is 0 Å². The number of fused-ring (bicyclic) bond motifs is 1. The molecule has 0 radical (unpaired) electrons. The van der Waals surface area contributed by atoms with E-state index in [2.05, 4.69) is 10.3 Å². The molecule has 0 aliphatic rings. The number of pyridine rings is 1. The van der Waals surface area contributed by atoms with Gasteiger partial charge in [-0.1, -0.05) is 6.07 Å². The molecule has 0 aliphatic heterocycles. The number of sulfonamides is 1. The van der Waals surface area contributed by atoms with Gasteiger partial charge in [0.05, 0.1) is 21.7 Å². The van der Waals surface area contributed by atoms with Gasteiger partial charge in [-0.3, -0.25) is 9.78 Å². The van der Waals surface area contributed by atoms with Crippen molar-refractivity contribution in [2.75, 3.05) is 19.4 Å². The molecule has 3 aromatic rings. The predicted molar refractivity (Wildman–Crippen MR) is 97.0 cm³/mol. The maximum Gasteiger partial charge on any atom is 0.258 e. The van der Waals surface area contributed by atoms with Crippen LogP contribution in [0.25, 0.3) is 10.9 Å². The number of amides is 1. The molecule has 1 aromatic heterocycles. The van der Waals surface area contributed by atoms with Crippen molar-refractivity contribution in [2.45, 2.75) is 4.90 Å². The summed E-state index contributed by atoms with van der Waals surface area (Å²) >= 11 is 0. The van der Waals surface area contributed by atoms with E-state index < -0.39 is 21.7 Å². The lowest BCUT2D eigenvalue weighted by Gasteiger charge is -2.13. The Kier molecular flexibility index (Phi) is 4.71. The Morgan fingerprint density at radius 2 is 1.88 bits per heavy atom. The molecule has 0 fully saturated rings. The quantitative estimate of drug-likeness (QED) is 0.763. The van der Waals surface area contributed by atoms with Crippen molar-refractivity contribution >= 4 is 32.5 Å². The van der Waals surface area contributed by atoms with Crippen LogP contribution in [0.15, 0.2) is 59.6 Å². The fraction of sp³-hybridized carbons (Fsp3) is 0.111. The molecule has 26 heavy (non-hydrogen) atoms. The number of carbonyl (C=O) groups is 1. The third-order valence-electron chi connectivity index (χ3n) is 3.85. The van der Waals surface area contributed by atoms with Gasteiger partial charge in [-0.05, 0) is 42.5 Å². The first-order chi connectivity index (χ1) is 12.3. The summed E-state index contributed by atoms with van der Waals surface area (Å²) in [6, 6.07) is 11.8. The lowest BCUT2D eigenvalue weighted by molar-refractivity contribution is 0.102. The molecule has 0 saturated heterocycles. The minimum atomic E-state index is -3.78. The number of aromatic nitrogens is 1. The molecule has 1 N–H and O–H groups in total. The number of nitrogens with zero attached hydrogens (tertiary/aromatic N) is 2. The van der Waals surface area contributed by atoms with E-state index in [9.17, 15) is 17.6 Å². The number of halogens is 1. The molecular weight excluding hydrogens is 357 g/mol. The SMILES string of the molecule is CN(C)S(=O)(=O)c1ccc(F)c(C(=O)Nc2cccc3ncccc23)c1. The highest BCUT2D eigenvalue weighted by Crippen LogP contribution is 2.23. The Bertz CT molecular complexity index is 1090. The average Bonchev–Trinajstić information content (AvgIpc) is 2.62. The Labute approximate surface area is 150 Å². The zero-order valence-electron chi connectivity index (χ0n) is 14.1. The maximum atomic E-state index is 14.1. The summed E-state index contributed by atoms with van der Waals surface area (Å²) in [4.78, 5) is 16.6. The zero-order valence-corrected chi connectivity index (χ0v) is 14.9. The van der Waals surface area contributed by atoms with Gasteiger partial charge in [0.2, 0.25) is 10.0 Å². The first-order valence-corrected chi connectivity index (χ1v) is 9.12. The topological polar surface area (TPSA) is 79.4 Å². The highest BCUT2D eigenvalue weighted by Gasteiger charge is 2.21. The molecule has 0 atom stereocenters. The average molecular weight is 373 g/mol.